The molecule has 8 heteroatoms. The van der Waals surface area contributed by atoms with Crippen LogP contribution in [0.3, 0.4) is 0 Å². The van der Waals surface area contributed by atoms with E-state index in [-0.39, 0.29) is 5.91 Å². The number of hydrogen-bond donors (Lipinski definition) is 3. The molecule has 8 nitrogen and oxygen atoms in total. The van der Waals surface area contributed by atoms with Crippen LogP contribution in [0.5, 0.6) is 0 Å². The zero-order valence-corrected chi connectivity index (χ0v) is 11.9. The molecule has 0 aromatic rings. The summed E-state index contributed by atoms with van der Waals surface area (Å²) in [4.78, 5) is 33.7. The van der Waals surface area contributed by atoms with E-state index < -0.39 is 42.5 Å². The lowest BCUT2D eigenvalue weighted by Gasteiger charge is -2.43. The molecule has 114 valence electrons. The van der Waals surface area contributed by atoms with Gasteiger partial charge in [-0.15, -0.1) is 0 Å². The van der Waals surface area contributed by atoms with Gasteiger partial charge in [-0.05, 0) is 6.92 Å². The number of rotatable bonds is 3. The summed E-state index contributed by atoms with van der Waals surface area (Å²) in [6.07, 6.45) is -2.83. The highest BCUT2D eigenvalue weighted by Gasteiger charge is 2.46. The highest BCUT2D eigenvalue weighted by atomic mass is 16.6. The second-order valence-corrected chi connectivity index (χ2v) is 4.76. The number of aliphatic hydroxyl groups excluding tert-OH is 1. The van der Waals surface area contributed by atoms with Crippen molar-refractivity contribution in [2.45, 2.75) is 58.3 Å². The fraction of sp³-hybridized carbons (Fsp3) is 0.750. The van der Waals surface area contributed by atoms with Gasteiger partial charge in [-0.1, -0.05) is 0 Å². The number of amides is 2. The van der Waals surface area contributed by atoms with Crippen molar-refractivity contribution in [1.29, 1.82) is 0 Å². The molecule has 0 aliphatic carbocycles. The molecule has 20 heavy (non-hydrogen) atoms. The van der Waals surface area contributed by atoms with E-state index in [1.807, 2.05) is 0 Å². The molecule has 5 atom stereocenters. The van der Waals surface area contributed by atoms with Crippen molar-refractivity contribution in [2.75, 3.05) is 0 Å². The van der Waals surface area contributed by atoms with Crippen LogP contribution in [0.4, 0.5) is 0 Å². The largest absolute Gasteiger partial charge is 0.458 e. The van der Waals surface area contributed by atoms with Gasteiger partial charge in [-0.3, -0.25) is 14.4 Å². The first-order chi connectivity index (χ1) is 9.22. The van der Waals surface area contributed by atoms with Crippen LogP contribution in [0.25, 0.3) is 0 Å². The zero-order valence-electron chi connectivity index (χ0n) is 11.9. The first kappa shape index (κ1) is 16.4. The van der Waals surface area contributed by atoms with Crippen molar-refractivity contribution in [3.05, 3.63) is 0 Å². The molecule has 0 spiro atoms. The number of ether oxygens (including phenoxy) is 2. The molecule has 0 radical (unpaired) electrons. The van der Waals surface area contributed by atoms with Crippen molar-refractivity contribution < 1.29 is 29.0 Å². The van der Waals surface area contributed by atoms with Gasteiger partial charge in [0.05, 0.1) is 12.1 Å². The van der Waals surface area contributed by atoms with Crippen LogP contribution in [0.2, 0.25) is 0 Å². The summed E-state index contributed by atoms with van der Waals surface area (Å²) >= 11 is 0. The molecular formula is C12H20N2O6. The topological polar surface area (TPSA) is 114 Å². The zero-order chi connectivity index (χ0) is 15.4. The van der Waals surface area contributed by atoms with Gasteiger partial charge in [0.2, 0.25) is 11.8 Å². The molecule has 1 heterocycles. The van der Waals surface area contributed by atoms with E-state index in [9.17, 15) is 19.5 Å². The number of esters is 1. The smallest absolute Gasteiger partial charge is 0.303 e. The minimum Gasteiger partial charge on any atom is -0.458 e. The van der Waals surface area contributed by atoms with Crippen LogP contribution in [0, 0.1) is 0 Å². The van der Waals surface area contributed by atoms with E-state index in [2.05, 4.69) is 10.6 Å². The second kappa shape index (κ2) is 6.67. The minimum absolute atomic E-state index is 0.333. The average Bonchev–Trinajstić information content (AvgIpc) is 2.27. The lowest BCUT2D eigenvalue weighted by atomic mass is 9.94. The Morgan fingerprint density at radius 3 is 2.00 bits per heavy atom. The van der Waals surface area contributed by atoms with Crippen molar-refractivity contribution in [3.63, 3.8) is 0 Å². The number of carbonyl (C=O) groups excluding carboxylic acids is 3. The van der Waals surface area contributed by atoms with Gasteiger partial charge in [-0.2, -0.15) is 0 Å². The van der Waals surface area contributed by atoms with Gasteiger partial charge in [0.25, 0.3) is 0 Å². The van der Waals surface area contributed by atoms with Crippen molar-refractivity contribution in [1.82, 2.24) is 10.6 Å². The maximum Gasteiger partial charge on any atom is 0.303 e. The Kier molecular flexibility index (Phi) is 5.46. The van der Waals surface area contributed by atoms with Crippen LogP contribution in [-0.4, -0.2) is 53.5 Å². The molecule has 0 bridgehead atoms. The second-order valence-electron chi connectivity index (χ2n) is 4.76. The third kappa shape index (κ3) is 4.17. The van der Waals surface area contributed by atoms with E-state index in [0.717, 1.165) is 0 Å². The summed E-state index contributed by atoms with van der Waals surface area (Å²) < 4.78 is 10.4. The molecule has 0 unspecified atom stereocenters. The molecule has 0 aromatic heterocycles. The van der Waals surface area contributed by atoms with E-state index in [1.54, 1.807) is 6.92 Å². The van der Waals surface area contributed by atoms with E-state index in [1.165, 1.54) is 20.8 Å². The summed E-state index contributed by atoms with van der Waals surface area (Å²) in [5, 5.41) is 15.0. The molecule has 1 aliphatic heterocycles. The SMILES string of the molecule is CC(=O)N[C@@H]1[C@@H](OC(C)=O)[C@H](NC(C)=O)[C@H](C)O[C@@H]1O. The lowest BCUT2D eigenvalue weighted by Crippen LogP contribution is -2.67. The first-order valence-corrected chi connectivity index (χ1v) is 6.27. The standard InChI is InChI=1S/C12H20N2O6/c1-5-9(13-6(2)15)11(20-8(4)17)10(12(18)19-5)14-7(3)16/h5,9-12,18H,1-4H3,(H,13,15)(H,14,16)/t5-,9+,10+,11-,12-/m0/s1. The van der Waals surface area contributed by atoms with E-state index >= 15 is 0 Å². The highest BCUT2D eigenvalue weighted by Crippen LogP contribution is 2.22. The van der Waals surface area contributed by atoms with Crippen LogP contribution in [0.1, 0.15) is 27.7 Å². The van der Waals surface area contributed by atoms with Crippen LogP contribution < -0.4 is 10.6 Å². The summed E-state index contributed by atoms with van der Waals surface area (Å²) in [5.74, 6) is -1.33. The van der Waals surface area contributed by atoms with Crippen LogP contribution >= 0.6 is 0 Å². The summed E-state index contributed by atoms with van der Waals surface area (Å²) in [7, 11) is 0. The Hall–Kier alpha value is -1.67. The summed E-state index contributed by atoms with van der Waals surface area (Å²) in [6.45, 7) is 5.42. The molecule has 3 N–H and O–H groups in total. The van der Waals surface area contributed by atoms with Gasteiger partial charge >= 0.3 is 5.97 Å². The van der Waals surface area contributed by atoms with Crippen molar-refractivity contribution in [3.8, 4) is 0 Å². The Morgan fingerprint density at radius 1 is 1.05 bits per heavy atom. The molecule has 1 rings (SSSR count). The maximum absolute atomic E-state index is 11.2. The lowest BCUT2D eigenvalue weighted by molar-refractivity contribution is -0.222. The Balaban J connectivity index is 3.01. The van der Waals surface area contributed by atoms with Gasteiger partial charge in [0.15, 0.2) is 6.29 Å². The maximum atomic E-state index is 11.2. The average molecular weight is 288 g/mol. The van der Waals surface area contributed by atoms with Gasteiger partial charge in [0.1, 0.15) is 12.1 Å². The Bertz CT molecular complexity index is 371. The molecular weight excluding hydrogens is 268 g/mol. The fourth-order valence-electron chi connectivity index (χ4n) is 2.20. The van der Waals surface area contributed by atoms with Crippen LogP contribution in [0.15, 0.2) is 0 Å². The predicted octanol–water partition coefficient (Wildman–Crippen LogP) is -1.34. The third-order valence-corrected chi connectivity index (χ3v) is 2.92. The number of hydrogen-bond acceptors (Lipinski definition) is 6. The first-order valence-electron chi connectivity index (χ1n) is 6.27. The fourth-order valence-corrected chi connectivity index (χ4v) is 2.20. The number of aliphatic hydroxyl groups is 1. The van der Waals surface area contributed by atoms with Gasteiger partial charge < -0.3 is 25.2 Å². The highest BCUT2D eigenvalue weighted by molar-refractivity contribution is 5.74. The summed E-state index contributed by atoms with van der Waals surface area (Å²) in [5.41, 5.74) is 0. The van der Waals surface area contributed by atoms with E-state index in [4.69, 9.17) is 9.47 Å². The molecule has 1 fully saturated rings. The van der Waals surface area contributed by atoms with Gasteiger partial charge in [-0.25, -0.2) is 0 Å². The van der Waals surface area contributed by atoms with E-state index in [0.29, 0.717) is 0 Å². The number of nitrogens with one attached hydrogen (secondary N) is 2. The van der Waals surface area contributed by atoms with Crippen molar-refractivity contribution >= 4 is 17.8 Å². The molecule has 1 saturated heterocycles. The van der Waals surface area contributed by atoms with Crippen LogP contribution in [-0.2, 0) is 23.9 Å². The molecule has 0 saturated carbocycles. The third-order valence-electron chi connectivity index (χ3n) is 2.92. The minimum atomic E-state index is -1.33. The Morgan fingerprint density at radius 2 is 1.55 bits per heavy atom. The van der Waals surface area contributed by atoms with Gasteiger partial charge in [0, 0.05) is 20.8 Å². The Labute approximate surface area is 116 Å². The quantitative estimate of drug-likeness (QED) is 0.554. The molecule has 2 amide bonds. The summed E-state index contributed by atoms with van der Waals surface area (Å²) in [6, 6.07) is -1.62. The predicted molar refractivity (Wildman–Crippen MR) is 67.3 cm³/mol. The molecule has 1 aliphatic rings. The molecule has 0 aromatic carbocycles. The number of carbonyl (C=O) groups is 3. The monoisotopic (exact) mass is 288 g/mol. The normalized spacial score (nSPS) is 33.1. The van der Waals surface area contributed by atoms with Crippen molar-refractivity contribution in [2.24, 2.45) is 0 Å².